The number of likely N-dealkylation sites (tertiary alicyclic amines) is 1. The minimum Gasteiger partial charge on any atom is -0.497 e. The van der Waals surface area contributed by atoms with Crippen LogP contribution in [-0.2, 0) is 16.6 Å². The largest absolute Gasteiger partial charge is 0.497 e. The number of hydrogen-bond acceptors (Lipinski definition) is 5. The lowest BCUT2D eigenvalue weighted by Gasteiger charge is -2.32. The summed E-state index contributed by atoms with van der Waals surface area (Å²) < 4.78 is 38.5. The lowest BCUT2D eigenvalue weighted by atomic mass is 9.98. The third-order valence-electron chi connectivity index (χ3n) is 5.70. The third kappa shape index (κ3) is 5.55. The highest BCUT2D eigenvalue weighted by Crippen LogP contribution is 2.23. The molecule has 164 valence electrons. The Morgan fingerprint density at radius 3 is 2.55 bits per heavy atom. The summed E-state index contributed by atoms with van der Waals surface area (Å²) in [6, 6.07) is 18.7. The Bertz CT molecular complexity index is 1060. The van der Waals surface area contributed by atoms with Gasteiger partial charge in [-0.25, -0.2) is 13.1 Å². The topological polar surface area (TPSA) is 71.8 Å². The van der Waals surface area contributed by atoms with Crippen molar-refractivity contribution in [1.29, 1.82) is 0 Å². The SMILES string of the molecule is COc1ccc(S(=O)(=O)NCC2CCCN(Cc3ccc(-c4ccco4)cc3)C2)cc1. The number of benzene rings is 2. The van der Waals surface area contributed by atoms with Gasteiger partial charge >= 0.3 is 0 Å². The number of nitrogens with one attached hydrogen (secondary N) is 1. The monoisotopic (exact) mass is 440 g/mol. The van der Waals surface area contributed by atoms with Gasteiger partial charge in [-0.2, -0.15) is 0 Å². The molecule has 1 unspecified atom stereocenters. The lowest BCUT2D eigenvalue weighted by molar-refractivity contribution is 0.169. The molecule has 7 heteroatoms. The van der Waals surface area contributed by atoms with Crippen LogP contribution in [0.1, 0.15) is 18.4 Å². The smallest absolute Gasteiger partial charge is 0.240 e. The first-order chi connectivity index (χ1) is 15.0. The van der Waals surface area contributed by atoms with Crippen molar-refractivity contribution >= 4 is 10.0 Å². The zero-order chi connectivity index (χ0) is 21.7. The molecule has 1 fully saturated rings. The normalized spacial score (nSPS) is 17.5. The number of sulfonamides is 1. The average Bonchev–Trinajstić information content (AvgIpc) is 3.34. The number of hydrogen-bond donors (Lipinski definition) is 1. The summed E-state index contributed by atoms with van der Waals surface area (Å²) in [7, 11) is -1.96. The van der Waals surface area contributed by atoms with Crippen LogP contribution in [0.15, 0.2) is 76.2 Å². The maximum Gasteiger partial charge on any atom is 0.240 e. The second kappa shape index (κ2) is 9.68. The van der Waals surface area contributed by atoms with Crippen molar-refractivity contribution in [3.8, 4) is 17.1 Å². The second-order valence-electron chi connectivity index (χ2n) is 7.95. The van der Waals surface area contributed by atoms with Gasteiger partial charge in [0.05, 0.1) is 18.3 Å². The van der Waals surface area contributed by atoms with Gasteiger partial charge in [-0.1, -0.05) is 24.3 Å². The van der Waals surface area contributed by atoms with Crippen molar-refractivity contribution in [1.82, 2.24) is 9.62 Å². The first-order valence-electron chi connectivity index (χ1n) is 10.5. The summed E-state index contributed by atoms with van der Waals surface area (Å²) >= 11 is 0. The predicted molar refractivity (Wildman–Crippen MR) is 120 cm³/mol. The summed E-state index contributed by atoms with van der Waals surface area (Å²) in [6.45, 7) is 3.22. The van der Waals surface area contributed by atoms with E-state index in [0.717, 1.165) is 43.8 Å². The Labute approximate surface area is 183 Å². The van der Waals surface area contributed by atoms with Gasteiger partial charge in [0, 0.05) is 25.2 Å². The van der Waals surface area contributed by atoms with Gasteiger partial charge in [0.2, 0.25) is 10.0 Å². The molecular formula is C24H28N2O4S. The molecule has 3 aromatic rings. The van der Waals surface area contributed by atoms with Crippen LogP contribution >= 0.6 is 0 Å². The Morgan fingerprint density at radius 2 is 1.87 bits per heavy atom. The van der Waals surface area contributed by atoms with Gasteiger partial charge in [-0.05, 0) is 67.3 Å². The Hall–Kier alpha value is -2.61. The maximum atomic E-state index is 12.6. The fourth-order valence-electron chi connectivity index (χ4n) is 4.00. The van der Waals surface area contributed by atoms with Crippen molar-refractivity contribution in [3.63, 3.8) is 0 Å². The van der Waals surface area contributed by atoms with Crippen LogP contribution in [-0.4, -0.2) is 40.1 Å². The van der Waals surface area contributed by atoms with Gasteiger partial charge in [0.15, 0.2) is 0 Å². The zero-order valence-corrected chi connectivity index (χ0v) is 18.5. The van der Waals surface area contributed by atoms with Crippen LogP contribution in [0.3, 0.4) is 0 Å². The molecule has 0 spiro atoms. The zero-order valence-electron chi connectivity index (χ0n) is 17.7. The standard InChI is InChI=1S/C24H28N2O4S/c1-29-22-10-12-23(13-11-22)31(27,28)25-16-20-4-2-14-26(18-20)17-19-6-8-21(9-7-19)24-5-3-15-30-24/h3,5-13,15,20,25H,2,4,14,16-18H2,1H3. The number of piperidine rings is 1. The predicted octanol–water partition coefficient (Wildman–Crippen LogP) is 4.15. The van der Waals surface area contributed by atoms with Crippen LogP contribution in [0.4, 0.5) is 0 Å². The molecule has 0 amide bonds. The van der Waals surface area contributed by atoms with E-state index in [0.29, 0.717) is 18.2 Å². The first kappa shape index (κ1) is 21.6. The molecule has 1 saturated heterocycles. The van der Waals surface area contributed by atoms with Gasteiger partial charge in [-0.15, -0.1) is 0 Å². The van der Waals surface area contributed by atoms with Crippen molar-refractivity contribution in [2.45, 2.75) is 24.3 Å². The maximum absolute atomic E-state index is 12.6. The molecule has 1 atom stereocenters. The molecule has 0 radical (unpaired) electrons. The van der Waals surface area contributed by atoms with Crippen molar-refractivity contribution < 1.29 is 17.6 Å². The summed E-state index contributed by atoms with van der Waals surface area (Å²) in [5.74, 6) is 1.80. The van der Waals surface area contributed by atoms with E-state index in [9.17, 15) is 8.42 Å². The summed E-state index contributed by atoms with van der Waals surface area (Å²) in [5, 5.41) is 0. The Balaban J connectivity index is 1.31. The van der Waals surface area contributed by atoms with Crippen molar-refractivity contribution in [2.24, 2.45) is 5.92 Å². The molecule has 0 aliphatic carbocycles. The van der Waals surface area contributed by atoms with E-state index in [1.165, 1.54) is 5.56 Å². The van der Waals surface area contributed by atoms with Gasteiger partial charge < -0.3 is 9.15 Å². The number of ether oxygens (including phenoxy) is 1. The molecular weight excluding hydrogens is 412 g/mol. The van der Waals surface area contributed by atoms with Gasteiger partial charge in [-0.3, -0.25) is 4.90 Å². The summed E-state index contributed by atoms with van der Waals surface area (Å²) in [5.41, 5.74) is 2.31. The van der Waals surface area contributed by atoms with E-state index in [1.807, 2.05) is 12.1 Å². The van der Waals surface area contributed by atoms with Gasteiger partial charge in [0.1, 0.15) is 11.5 Å². The fourth-order valence-corrected chi connectivity index (χ4v) is 5.12. The number of nitrogens with zero attached hydrogens (tertiary/aromatic N) is 1. The van der Waals surface area contributed by atoms with Crippen molar-refractivity contribution in [3.05, 3.63) is 72.5 Å². The molecule has 1 N–H and O–H groups in total. The Morgan fingerprint density at radius 1 is 1.10 bits per heavy atom. The molecule has 2 aromatic carbocycles. The number of methoxy groups -OCH3 is 1. The fraction of sp³-hybridized carbons (Fsp3) is 0.333. The second-order valence-corrected chi connectivity index (χ2v) is 9.71. The molecule has 1 aliphatic rings. The van der Waals surface area contributed by atoms with Crippen LogP contribution in [0, 0.1) is 5.92 Å². The van der Waals surface area contributed by atoms with E-state index in [4.69, 9.17) is 9.15 Å². The summed E-state index contributed by atoms with van der Waals surface area (Å²) in [4.78, 5) is 2.66. The van der Waals surface area contributed by atoms with E-state index >= 15 is 0 Å². The molecule has 1 aromatic heterocycles. The van der Waals surface area contributed by atoms with Crippen LogP contribution in [0.2, 0.25) is 0 Å². The minimum atomic E-state index is -3.52. The highest BCUT2D eigenvalue weighted by molar-refractivity contribution is 7.89. The molecule has 31 heavy (non-hydrogen) atoms. The third-order valence-corrected chi connectivity index (χ3v) is 7.14. The Kier molecular flexibility index (Phi) is 6.75. The minimum absolute atomic E-state index is 0.262. The highest BCUT2D eigenvalue weighted by atomic mass is 32.2. The average molecular weight is 441 g/mol. The number of furan rings is 1. The summed E-state index contributed by atoms with van der Waals surface area (Å²) in [6.07, 6.45) is 3.78. The van der Waals surface area contributed by atoms with E-state index in [1.54, 1.807) is 37.6 Å². The molecule has 6 nitrogen and oxygen atoms in total. The van der Waals surface area contributed by atoms with Crippen LogP contribution < -0.4 is 9.46 Å². The molecule has 4 rings (SSSR count). The van der Waals surface area contributed by atoms with E-state index in [2.05, 4.69) is 33.9 Å². The van der Waals surface area contributed by atoms with Gasteiger partial charge in [0.25, 0.3) is 0 Å². The van der Waals surface area contributed by atoms with E-state index in [-0.39, 0.29) is 4.90 Å². The van der Waals surface area contributed by atoms with Crippen LogP contribution in [0.25, 0.3) is 11.3 Å². The number of rotatable bonds is 8. The molecule has 0 saturated carbocycles. The van der Waals surface area contributed by atoms with Crippen molar-refractivity contribution in [2.75, 3.05) is 26.7 Å². The quantitative estimate of drug-likeness (QED) is 0.570. The van der Waals surface area contributed by atoms with E-state index < -0.39 is 10.0 Å². The molecule has 2 heterocycles. The molecule has 0 bridgehead atoms. The highest BCUT2D eigenvalue weighted by Gasteiger charge is 2.22. The van der Waals surface area contributed by atoms with Crippen LogP contribution in [0.5, 0.6) is 5.75 Å². The first-order valence-corrected chi connectivity index (χ1v) is 12.0. The lowest BCUT2D eigenvalue weighted by Crippen LogP contribution is -2.40. The molecule has 1 aliphatic heterocycles.